The number of aromatic nitrogens is 1. The molecule has 7 aromatic carbocycles. The topological polar surface area (TPSA) is 4.93 Å². The highest BCUT2D eigenvalue weighted by Gasteiger charge is 2.20. The maximum atomic E-state index is 3.71. The maximum Gasteiger partial charge on any atom is 0.0618 e. The quantitative estimate of drug-likeness (QED) is 0.179. The lowest BCUT2D eigenvalue weighted by atomic mass is 9.95. The summed E-state index contributed by atoms with van der Waals surface area (Å²) in [5.41, 5.74) is 13.2. The molecule has 0 N–H and O–H groups in total. The summed E-state index contributed by atoms with van der Waals surface area (Å²) in [5.74, 6) is 0. The van der Waals surface area contributed by atoms with Gasteiger partial charge in [0.15, 0.2) is 0 Å². The van der Waals surface area contributed by atoms with Gasteiger partial charge in [-0.2, -0.15) is 0 Å². The lowest BCUT2D eigenvalue weighted by Gasteiger charge is -2.19. The molecule has 0 radical (unpaired) electrons. The minimum Gasteiger partial charge on any atom is -0.308 e. The average molecular weight is 627 g/mol. The van der Waals surface area contributed by atoms with Gasteiger partial charge in [-0.05, 0) is 51.6 Å². The largest absolute Gasteiger partial charge is 0.308 e. The molecule has 44 heavy (non-hydrogen) atoms. The molecule has 0 unspecified atom stereocenters. The van der Waals surface area contributed by atoms with E-state index < -0.39 is 0 Å². The van der Waals surface area contributed by atoms with Crippen molar-refractivity contribution in [3.05, 3.63) is 174 Å². The zero-order valence-corrected chi connectivity index (χ0v) is 25.6. The van der Waals surface area contributed by atoms with Crippen molar-refractivity contribution in [2.24, 2.45) is 0 Å². The van der Waals surface area contributed by atoms with Crippen molar-refractivity contribution in [1.82, 2.24) is 4.57 Å². The summed E-state index contributed by atoms with van der Waals surface area (Å²) in [6, 6.07) is 61.1. The highest BCUT2D eigenvalue weighted by molar-refractivity contribution is 9.10. The van der Waals surface area contributed by atoms with E-state index in [-0.39, 0.29) is 0 Å². The molecule has 0 spiro atoms. The first-order valence-electron chi connectivity index (χ1n) is 14.9. The summed E-state index contributed by atoms with van der Waals surface area (Å²) in [6.45, 7) is 0. The van der Waals surface area contributed by atoms with E-state index in [1.165, 1.54) is 72.0 Å². The highest BCUT2D eigenvalue weighted by Crippen LogP contribution is 2.42. The number of hydrogen-bond acceptors (Lipinski definition) is 0. The Morgan fingerprint density at radius 3 is 1.52 bits per heavy atom. The van der Waals surface area contributed by atoms with E-state index in [9.17, 15) is 0 Å². The Kier molecular flexibility index (Phi) is 6.70. The number of hydrogen-bond donors (Lipinski definition) is 0. The van der Waals surface area contributed by atoms with Gasteiger partial charge in [-0.15, -0.1) is 0 Å². The lowest BCUT2D eigenvalue weighted by Crippen LogP contribution is -2.00. The third kappa shape index (κ3) is 4.56. The molecule has 2 heteroatoms. The molecule has 8 aromatic rings. The molecular weight excluding hydrogens is 598 g/mol. The molecule has 0 bridgehead atoms. The fourth-order valence-corrected chi connectivity index (χ4v) is 6.93. The molecule has 8 rings (SSSR count). The van der Waals surface area contributed by atoms with Gasteiger partial charge in [0, 0.05) is 26.4 Å². The second-order valence-electron chi connectivity index (χ2n) is 11.1. The monoisotopic (exact) mass is 625 g/mol. The molecule has 0 atom stereocenters. The van der Waals surface area contributed by atoms with Gasteiger partial charge < -0.3 is 4.57 Å². The first-order valence-corrected chi connectivity index (χ1v) is 15.7. The van der Waals surface area contributed by atoms with E-state index in [2.05, 4.69) is 190 Å². The van der Waals surface area contributed by atoms with Crippen LogP contribution >= 0.6 is 15.9 Å². The standard InChI is InChI=1S/C42H28BrN/c43-39-20-9-7-16-34(39)32-24-22-29(23-25-32)33-26-27-38-37-17-8-10-21-40(37)44(41(38)28-33)42-35(30-12-3-1-4-13-30)18-11-19-36(42)31-14-5-2-6-15-31/h1-28H. The van der Waals surface area contributed by atoms with Crippen LogP contribution in [-0.2, 0) is 0 Å². The molecule has 1 nitrogen and oxygen atoms in total. The zero-order chi connectivity index (χ0) is 29.5. The van der Waals surface area contributed by atoms with Crippen molar-refractivity contribution in [1.29, 1.82) is 0 Å². The summed E-state index contributed by atoms with van der Waals surface area (Å²) >= 11 is 3.71. The van der Waals surface area contributed by atoms with Crippen LogP contribution < -0.4 is 0 Å². The molecule has 0 saturated carbocycles. The van der Waals surface area contributed by atoms with Gasteiger partial charge in [0.25, 0.3) is 0 Å². The third-order valence-electron chi connectivity index (χ3n) is 8.51. The second kappa shape index (κ2) is 11.1. The van der Waals surface area contributed by atoms with Crippen LogP contribution in [0.5, 0.6) is 0 Å². The van der Waals surface area contributed by atoms with E-state index >= 15 is 0 Å². The Morgan fingerprint density at radius 1 is 0.341 bits per heavy atom. The van der Waals surface area contributed by atoms with Crippen LogP contribution in [0.3, 0.4) is 0 Å². The average Bonchev–Trinajstić information content (AvgIpc) is 3.42. The fourth-order valence-electron chi connectivity index (χ4n) is 6.41. The third-order valence-corrected chi connectivity index (χ3v) is 9.20. The first kappa shape index (κ1) is 26.4. The number of para-hydroxylation sites is 2. The molecule has 0 amide bonds. The summed E-state index contributed by atoms with van der Waals surface area (Å²) in [6.07, 6.45) is 0. The summed E-state index contributed by atoms with van der Waals surface area (Å²) in [5, 5.41) is 2.50. The minimum absolute atomic E-state index is 1.10. The van der Waals surface area contributed by atoms with Crippen LogP contribution in [0.2, 0.25) is 0 Å². The van der Waals surface area contributed by atoms with Crippen molar-refractivity contribution in [3.8, 4) is 50.2 Å². The van der Waals surface area contributed by atoms with Crippen molar-refractivity contribution >= 4 is 37.7 Å². The van der Waals surface area contributed by atoms with Crippen LogP contribution in [0.1, 0.15) is 0 Å². The predicted molar refractivity (Wildman–Crippen MR) is 190 cm³/mol. The Balaban J connectivity index is 1.39. The molecule has 208 valence electrons. The zero-order valence-electron chi connectivity index (χ0n) is 24.0. The van der Waals surface area contributed by atoms with Crippen LogP contribution in [-0.4, -0.2) is 4.57 Å². The van der Waals surface area contributed by atoms with E-state index in [1.807, 2.05) is 0 Å². The van der Waals surface area contributed by atoms with Crippen molar-refractivity contribution in [2.45, 2.75) is 0 Å². The van der Waals surface area contributed by atoms with Crippen LogP contribution in [0, 0.1) is 0 Å². The van der Waals surface area contributed by atoms with Crippen LogP contribution in [0.25, 0.3) is 72.0 Å². The summed E-state index contributed by atoms with van der Waals surface area (Å²) in [7, 11) is 0. The van der Waals surface area contributed by atoms with Gasteiger partial charge in [0.1, 0.15) is 0 Å². The number of benzene rings is 7. The molecule has 0 aliphatic rings. The Hall–Kier alpha value is -5.18. The van der Waals surface area contributed by atoms with Gasteiger partial charge in [0.05, 0.1) is 16.7 Å². The molecule has 0 fully saturated rings. The van der Waals surface area contributed by atoms with Gasteiger partial charge >= 0.3 is 0 Å². The minimum atomic E-state index is 1.10. The van der Waals surface area contributed by atoms with E-state index in [0.29, 0.717) is 0 Å². The summed E-state index contributed by atoms with van der Waals surface area (Å²) < 4.78 is 3.58. The number of nitrogens with zero attached hydrogens (tertiary/aromatic N) is 1. The SMILES string of the molecule is Brc1ccccc1-c1ccc(-c2ccc3c4ccccc4n(-c4c(-c5ccccc5)cccc4-c4ccccc4)c3c2)cc1. The Morgan fingerprint density at radius 2 is 0.841 bits per heavy atom. The summed E-state index contributed by atoms with van der Waals surface area (Å²) in [4.78, 5) is 0. The van der Waals surface area contributed by atoms with Crippen LogP contribution in [0.15, 0.2) is 174 Å². The number of fused-ring (bicyclic) bond motifs is 3. The maximum absolute atomic E-state index is 3.71. The van der Waals surface area contributed by atoms with E-state index in [4.69, 9.17) is 0 Å². The second-order valence-corrected chi connectivity index (χ2v) is 11.9. The van der Waals surface area contributed by atoms with Gasteiger partial charge in [-0.3, -0.25) is 0 Å². The van der Waals surface area contributed by atoms with Gasteiger partial charge in [-0.1, -0.05) is 168 Å². The molecule has 1 aromatic heterocycles. The normalized spacial score (nSPS) is 11.3. The van der Waals surface area contributed by atoms with Crippen LogP contribution in [0.4, 0.5) is 0 Å². The Bertz CT molecular complexity index is 2200. The molecule has 0 aliphatic heterocycles. The van der Waals surface area contributed by atoms with E-state index in [1.54, 1.807) is 0 Å². The Labute approximate surface area is 265 Å². The molecule has 0 aliphatic carbocycles. The van der Waals surface area contributed by atoms with Crippen molar-refractivity contribution in [2.75, 3.05) is 0 Å². The molecule has 0 saturated heterocycles. The highest BCUT2D eigenvalue weighted by atomic mass is 79.9. The van der Waals surface area contributed by atoms with Crippen molar-refractivity contribution in [3.63, 3.8) is 0 Å². The van der Waals surface area contributed by atoms with E-state index in [0.717, 1.165) is 4.47 Å². The molecular formula is C42H28BrN. The number of halogens is 1. The fraction of sp³-hybridized carbons (Fsp3) is 0. The lowest BCUT2D eigenvalue weighted by molar-refractivity contribution is 1.18. The number of rotatable bonds is 5. The smallest absolute Gasteiger partial charge is 0.0618 e. The predicted octanol–water partition coefficient (Wildman–Crippen LogP) is 12.2. The van der Waals surface area contributed by atoms with Gasteiger partial charge in [-0.25, -0.2) is 0 Å². The molecule has 1 heterocycles. The first-order chi connectivity index (χ1) is 21.8. The van der Waals surface area contributed by atoms with Gasteiger partial charge in [0.2, 0.25) is 0 Å². The van der Waals surface area contributed by atoms with Crippen molar-refractivity contribution < 1.29 is 0 Å².